The summed E-state index contributed by atoms with van der Waals surface area (Å²) in [7, 11) is 0. The van der Waals surface area contributed by atoms with E-state index < -0.39 is 0 Å². The normalized spacial score (nSPS) is 23.4. The van der Waals surface area contributed by atoms with Crippen LogP contribution in [0.25, 0.3) is 0 Å². The second-order valence-electron chi connectivity index (χ2n) is 8.63. The second-order valence-corrected chi connectivity index (χ2v) is 8.63. The number of hydrogen-bond acceptors (Lipinski definition) is 0. The van der Waals surface area contributed by atoms with Crippen molar-refractivity contribution in [2.45, 2.75) is 118 Å². The fraction of sp³-hybridized carbons (Fsp3) is 1.00. The molecule has 0 aromatic carbocycles. The van der Waals surface area contributed by atoms with Crippen LogP contribution < -0.4 is 0 Å². The average Bonchev–Trinajstić information content (AvgIpc) is 2.45. The molecule has 0 aliphatic heterocycles. The Morgan fingerprint density at radius 3 is 1.81 bits per heavy atom. The van der Waals surface area contributed by atoms with E-state index in [1.807, 2.05) is 0 Å². The van der Waals surface area contributed by atoms with Crippen molar-refractivity contribution < 1.29 is 0 Å². The monoisotopic (exact) mass is 294 g/mol. The van der Waals surface area contributed by atoms with Crippen LogP contribution in [-0.4, -0.2) is 0 Å². The zero-order valence-corrected chi connectivity index (χ0v) is 15.6. The Morgan fingerprint density at radius 1 is 0.714 bits per heavy atom. The van der Waals surface area contributed by atoms with E-state index in [4.69, 9.17) is 0 Å². The molecule has 2 unspecified atom stereocenters. The highest BCUT2D eigenvalue weighted by atomic mass is 14.4. The summed E-state index contributed by atoms with van der Waals surface area (Å²) in [5.74, 6) is 2.02. The first-order chi connectivity index (χ1) is 10.1. The predicted octanol–water partition coefficient (Wildman–Crippen LogP) is 7.76. The molecule has 0 spiro atoms. The van der Waals surface area contributed by atoms with Gasteiger partial charge in [0, 0.05) is 0 Å². The largest absolute Gasteiger partial charge is 0.0654 e. The van der Waals surface area contributed by atoms with E-state index in [0.29, 0.717) is 5.41 Å². The quantitative estimate of drug-likeness (QED) is 0.361. The van der Waals surface area contributed by atoms with Crippen LogP contribution in [0.5, 0.6) is 0 Å². The average molecular weight is 295 g/mol. The molecule has 126 valence electrons. The standard InChI is InChI=1S/C21H42/c1-5-6-7-8-9-10-11-12-13-16-19-17-14-15-18-20(19)21(2,3)4/h19-20H,5-18H2,1-4H3. The van der Waals surface area contributed by atoms with Crippen molar-refractivity contribution in [2.75, 3.05) is 0 Å². The fourth-order valence-electron chi connectivity index (χ4n) is 4.41. The van der Waals surface area contributed by atoms with Crippen molar-refractivity contribution in [3.63, 3.8) is 0 Å². The van der Waals surface area contributed by atoms with Gasteiger partial charge in [0.2, 0.25) is 0 Å². The van der Waals surface area contributed by atoms with Gasteiger partial charge < -0.3 is 0 Å². The first-order valence-corrected chi connectivity index (χ1v) is 10.1. The summed E-state index contributed by atoms with van der Waals surface area (Å²) in [6, 6.07) is 0. The van der Waals surface area contributed by atoms with Crippen molar-refractivity contribution in [3.05, 3.63) is 0 Å². The molecule has 0 saturated heterocycles. The lowest BCUT2D eigenvalue weighted by Crippen LogP contribution is -2.31. The van der Waals surface area contributed by atoms with E-state index in [-0.39, 0.29) is 0 Å². The van der Waals surface area contributed by atoms with Gasteiger partial charge in [0.05, 0.1) is 0 Å². The summed E-state index contributed by atoms with van der Waals surface area (Å²) < 4.78 is 0. The Morgan fingerprint density at radius 2 is 1.24 bits per heavy atom. The van der Waals surface area contributed by atoms with E-state index in [2.05, 4.69) is 27.7 Å². The molecule has 0 bridgehead atoms. The SMILES string of the molecule is CCCCCCCCCCCC1CCCCC1C(C)(C)C. The maximum Gasteiger partial charge on any atom is -0.0337 e. The van der Waals surface area contributed by atoms with Gasteiger partial charge in [-0.3, -0.25) is 0 Å². The minimum absolute atomic E-state index is 0.532. The maximum absolute atomic E-state index is 2.46. The van der Waals surface area contributed by atoms with E-state index in [9.17, 15) is 0 Å². The van der Waals surface area contributed by atoms with Crippen LogP contribution in [0.3, 0.4) is 0 Å². The fourth-order valence-corrected chi connectivity index (χ4v) is 4.41. The lowest BCUT2D eigenvalue weighted by molar-refractivity contribution is 0.0995. The van der Waals surface area contributed by atoms with Gasteiger partial charge in [-0.2, -0.15) is 0 Å². The Bertz CT molecular complexity index is 235. The summed E-state index contributed by atoms with van der Waals surface area (Å²) in [5, 5.41) is 0. The van der Waals surface area contributed by atoms with Crippen molar-refractivity contribution >= 4 is 0 Å². The molecule has 0 heterocycles. The van der Waals surface area contributed by atoms with Crippen molar-refractivity contribution in [3.8, 4) is 0 Å². The van der Waals surface area contributed by atoms with Gasteiger partial charge in [0.25, 0.3) is 0 Å². The van der Waals surface area contributed by atoms with Crippen molar-refractivity contribution in [2.24, 2.45) is 17.3 Å². The minimum atomic E-state index is 0.532. The highest BCUT2D eigenvalue weighted by Gasteiger charge is 2.33. The zero-order valence-electron chi connectivity index (χ0n) is 15.6. The summed E-state index contributed by atoms with van der Waals surface area (Å²) >= 11 is 0. The van der Waals surface area contributed by atoms with Crippen LogP contribution in [-0.2, 0) is 0 Å². The van der Waals surface area contributed by atoms with Gasteiger partial charge in [0.1, 0.15) is 0 Å². The molecule has 0 heteroatoms. The molecule has 0 amide bonds. The third-order valence-electron chi connectivity index (χ3n) is 5.70. The minimum Gasteiger partial charge on any atom is -0.0654 e. The van der Waals surface area contributed by atoms with Crippen LogP contribution >= 0.6 is 0 Å². The highest BCUT2D eigenvalue weighted by molar-refractivity contribution is 4.83. The molecule has 1 saturated carbocycles. The first-order valence-electron chi connectivity index (χ1n) is 10.1. The third-order valence-corrected chi connectivity index (χ3v) is 5.70. The molecule has 0 N–H and O–H groups in total. The second kappa shape index (κ2) is 10.7. The molecular weight excluding hydrogens is 252 g/mol. The van der Waals surface area contributed by atoms with E-state index in [1.165, 1.54) is 89.9 Å². The first kappa shape index (κ1) is 19.0. The smallest absolute Gasteiger partial charge is 0.0337 e. The van der Waals surface area contributed by atoms with Gasteiger partial charge in [-0.15, -0.1) is 0 Å². The highest BCUT2D eigenvalue weighted by Crippen LogP contribution is 2.43. The summed E-state index contributed by atoms with van der Waals surface area (Å²) in [6.07, 6.45) is 20.7. The van der Waals surface area contributed by atoms with Gasteiger partial charge in [-0.05, 0) is 23.7 Å². The van der Waals surface area contributed by atoms with Crippen LogP contribution in [0.15, 0.2) is 0 Å². The van der Waals surface area contributed by atoms with Gasteiger partial charge >= 0.3 is 0 Å². The molecule has 0 radical (unpaired) electrons. The number of rotatable bonds is 10. The van der Waals surface area contributed by atoms with E-state index >= 15 is 0 Å². The van der Waals surface area contributed by atoms with Crippen LogP contribution in [0.4, 0.5) is 0 Å². The lowest BCUT2D eigenvalue weighted by Gasteiger charge is -2.40. The van der Waals surface area contributed by atoms with Gasteiger partial charge in [-0.25, -0.2) is 0 Å². The number of unbranched alkanes of at least 4 members (excludes halogenated alkanes) is 8. The molecule has 1 aliphatic rings. The molecule has 0 aromatic rings. The molecular formula is C21H42. The Hall–Kier alpha value is 0. The van der Waals surface area contributed by atoms with E-state index in [1.54, 1.807) is 0 Å². The van der Waals surface area contributed by atoms with E-state index in [0.717, 1.165) is 11.8 Å². The zero-order chi connectivity index (χ0) is 15.6. The molecule has 0 aromatic heterocycles. The molecule has 2 atom stereocenters. The molecule has 1 fully saturated rings. The lowest BCUT2D eigenvalue weighted by atomic mass is 9.65. The van der Waals surface area contributed by atoms with Crippen LogP contribution in [0, 0.1) is 17.3 Å². The molecule has 0 nitrogen and oxygen atoms in total. The van der Waals surface area contributed by atoms with Crippen LogP contribution in [0.1, 0.15) is 118 Å². The summed E-state index contributed by atoms with van der Waals surface area (Å²) in [6.45, 7) is 9.70. The van der Waals surface area contributed by atoms with Gasteiger partial charge in [0.15, 0.2) is 0 Å². The van der Waals surface area contributed by atoms with Crippen molar-refractivity contribution in [1.82, 2.24) is 0 Å². The summed E-state index contributed by atoms with van der Waals surface area (Å²) in [4.78, 5) is 0. The summed E-state index contributed by atoms with van der Waals surface area (Å²) in [5.41, 5.74) is 0.532. The Balaban J connectivity index is 2.05. The Labute approximate surface area is 135 Å². The van der Waals surface area contributed by atoms with Gasteiger partial charge in [-0.1, -0.05) is 111 Å². The number of hydrogen-bond donors (Lipinski definition) is 0. The van der Waals surface area contributed by atoms with Crippen molar-refractivity contribution in [1.29, 1.82) is 0 Å². The topological polar surface area (TPSA) is 0 Å². The molecule has 21 heavy (non-hydrogen) atoms. The maximum atomic E-state index is 2.46. The molecule has 1 aliphatic carbocycles. The predicted molar refractivity (Wildman–Crippen MR) is 96.7 cm³/mol. The Kier molecular flexibility index (Phi) is 9.69. The van der Waals surface area contributed by atoms with Crippen LogP contribution in [0.2, 0.25) is 0 Å². The third kappa shape index (κ3) is 8.27. The molecule has 1 rings (SSSR count).